The number of aromatic nitrogens is 5. The molecule has 11 nitrogen and oxygen atoms in total. The average Bonchev–Trinajstić information content (AvgIpc) is 3.39. The molecular formula is C21H25N7O4S. The summed E-state index contributed by atoms with van der Waals surface area (Å²) in [5.41, 5.74) is 1.69. The number of hydrogen-bond donors (Lipinski definition) is 1. The molecule has 1 saturated heterocycles. The molecule has 1 saturated carbocycles. The Morgan fingerprint density at radius 3 is 2.88 bits per heavy atom. The van der Waals surface area contributed by atoms with E-state index < -0.39 is 9.84 Å². The van der Waals surface area contributed by atoms with Crippen LogP contribution in [0.25, 0.3) is 11.0 Å². The van der Waals surface area contributed by atoms with Crippen molar-refractivity contribution in [1.82, 2.24) is 24.3 Å². The van der Waals surface area contributed by atoms with Crippen molar-refractivity contribution in [2.24, 2.45) is 5.92 Å². The molecule has 0 spiro atoms. The summed E-state index contributed by atoms with van der Waals surface area (Å²) in [5.74, 6) is 0.605. The third-order valence-corrected chi connectivity index (χ3v) is 6.49. The van der Waals surface area contributed by atoms with Crippen molar-refractivity contribution in [2.75, 3.05) is 24.8 Å². The Labute approximate surface area is 191 Å². The van der Waals surface area contributed by atoms with E-state index in [1.54, 1.807) is 18.5 Å². The predicted molar refractivity (Wildman–Crippen MR) is 120 cm³/mol. The highest BCUT2D eigenvalue weighted by atomic mass is 32.2. The lowest BCUT2D eigenvalue weighted by Gasteiger charge is -2.31. The summed E-state index contributed by atoms with van der Waals surface area (Å²) in [6, 6.07) is 4.17. The quantitative estimate of drug-likeness (QED) is 0.550. The van der Waals surface area contributed by atoms with Crippen molar-refractivity contribution >= 4 is 32.5 Å². The van der Waals surface area contributed by atoms with Crippen LogP contribution in [0.5, 0.6) is 5.88 Å². The van der Waals surface area contributed by atoms with Gasteiger partial charge in [0.2, 0.25) is 5.95 Å². The number of ether oxygens (including phenoxy) is 2. The number of nitriles is 1. The second-order valence-corrected chi connectivity index (χ2v) is 10.9. The van der Waals surface area contributed by atoms with Crippen LogP contribution in [0.2, 0.25) is 0 Å². The predicted octanol–water partition coefficient (Wildman–Crippen LogP) is 2.38. The van der Waals surface area contributed by atoms with E-state index in [2.05, 4.69) is 28.4 Å². The lowest BCUT2D eigenvalue weighted by atomic mass is 9.97. The third kappa shape index (κ3) is 4.65. The lowest BCUT2D eigenvalue weighted by molar-refractivity contribution is 0.0296. The van der Waals surface area contributed by atoms with Crippen molar-refractivity contribution in [3.8, 4) is 11.9 Å². The van der Waals surface area contributed by atoms with Gasteiger partial charge >= 0.3 is 0 Å². The molecule has 0 radical (unpaired) electrons. The molecule has 2 fully saturated rings. The fourth-order valence-electron chi connectivity index (χ4n) is 4.09. The number of rotatable bonds is 7. The van der Waals surface area contributed by atoms with Gasteiger partial charge in [0, 0.05) is 36.4 Å². The number of hydrogen-bond acceptors (Lipinski definition) is 9. The van der Waals surface area contributed by atoms with E-state index in [1.165, 1.54) is 4.68 Å². The lowest BCUT2D eigenvalue weighted by Crippen LogP contribution is -2.28. The maximum atomic E-state index is 11.7. The Hall–Kier alpha value is -3.17. The normalized spacial score (nSPS) is 21.1. The molecule has 1 N–H and O–H groups in total. The van der Waals surface area contributed by atoms with Gasteiger partial charge in [-0.05, 0) is 25.3 Å². The summed E-state index contributed by atoms with van der Waals surface area (Å²) >= 11 is 0. The van der Waals surface area contributed by atoms with Gasteiger partial charge in [-0.2, -0.15) is 10.2 Å². The molecule has 33 heavy (non-hydrogen) atoms. The van der Waals surface area contributed by atoms with Crippen LogP contribution in [0, 0.1) is 17.2 Å². The minimum Gasteiger partial charge on any atom is -0.472 e. The maximum Gasteiger partial charge on any atom is 0.257 e. The zero-order chi connectivity index (χ0) is 23.2. The van der Waals surface area contributed by atoms with E-state index in [-0.39, 0.29) is 23.9 Å². The monoisotopic (exact) mass is 471 g/mol. The van der Waals surface area contributed by atoms with E-state index in [0.29, 0.717) is 42.1 Å². The largest absolute Gasteiger partial charge is 0.472 e. The first-order chi connectivity index (χ1) is 15.8. The number of fused-ring (bicyclic) bond motifs is 1. The highest BCUT2D eigenvalue weighted by molar-refractivity contribution is 7.89. The summed E-state index contributed by atoms with van der Waals surface area (Å²) in [5, 5.41) is 17.9. The van der Waals surface area contributed by atoms with Crippen molar-refractivity contribution in [3.05, 3.63) is 24.2 Å². The van der Waals surface area contributed by atoms with Crippen LogP contribution in [0.1, 0.15) is 37.9 Å². The molecular weight excluding hydrogens is 446 g/mol. The SMILES string of the molecule is C[C@@H]1COCCC1n1c(C#N)cc2cnc(Nc3cn(CS(C)(=O)=O)nc3OC3CC3)nc21. The molecule has 2 atom stereocenters. The Morgan fingerprint density at radius 2 is 2.18 bits per heavy atom. The molecule has 1 aliphatic heterocycles. The van der Waals surface area contributed by atoms with Crippen LogP contribution in [0.4, 0.5) is 11.6 Å². The van der Waals surface area contributed by atoms with Crippen molar-refractivity contribution in [3.63, 3.8) is 0 Å². The van der Waals surface area contributed by atoms with Crippen LogP contribution in [-0.4, -0.2) is 58.3 Å². The van der Waals surface area contributed by atoms with Crippen LogP contribution in [-0.2, 0) is 20.5 Å². The number of sulfone groups is 1. The van der Waals surface area contributed by atoms with Crippen molar-refractivity contribution in [1.29, 1.82) is 5.26 Å². The summed E-state index contributed by atoms with van der Waals surface area (Å²) < 4.78 is 38.2. The van der Waals surface area contributed by atoms with E-state index >= 15 is 0 Å². The molecule has 0 aromatic carbocycles. The van der Waals surface area contributed by atoms with Crippen molar-refractivity contribution < 1.29 is 17.9 Å². The van der Waals surface area contributed by atoms with E-state index in [9.17, 15) is 13.7 Å². The smallest absolute Gasteiger partial charge is 0.257 e. The molecule has 3 aromatic heterocycles. The number of nitrogens with one attached hydrogen (secondary N) is 1. The third-order valence-electron chi connectivity index (χ3n) is 5.76. The molecule has 0 amide bonds. The molecule has 174 valence electrons. The summed E-state index contributed by atoms with van der Waals surface area (Å²) in [6.07, 6.45) is 7.16. The molecule has 2 aliphatic rings. The molecule has 3 aromatic rings. The Kier molecular flexibility index (Phi) is 5.46. The van der Waals surface area contributed by atoms with Gasteiger partial charge in [-0.1, -0.05) is 6.92 Å². The molecule has 12 heteroatoms. The zero-order valence-corrected chi connectivity index (χ0v) is 19.2. The first-order valence-corrected chi connectivity index (χ1v) is 12.9. The summed E-state index contributed by atoms with van der Waals surface area (Å²) in [4.78, 5) is 9.10. The maximum absolute atomic E-state index is 11.7. The van der Waals surface area contributed by atoms with Gasteiger partial charge in [0.1, 0.15) is 35.1 Å². The molecule has 1 unspecified atom stereocenters. The summed E-state index contributed by atoms with van der Waals surface area (Å²) in [7, 11) is -3.28. The number of anilines is 2. The Balaban J connectivity index is 1.50. The minimum atomic E-state index is -3.28. The second kappa shape index (κ2) is 8.31. The zero-order valence-electron chi connectivity index (χ0n) is 18.4. The molecule has 1 aliphatic carbocycles. The second-order valence-electron chi connectivity index (χ2n) is 8.78. The van der Waals surface area contributed by atoms with Crippen LogP contribution < -0.4 is 10.1 Å². The van der Waals surface area contributed by atoms with Crippen LogP contribution in [0.15, 0.2) is 18.5 Å². The standard InChI is InChI=1S/C21H25N7O4S/c1-13-11-31-6-5-18(13)28-15(8-22)7-14-9-23-21(25-19(14)28)24-17-10-27(12-33(2,29)30)26-20(17)32-16-3-4-16/h7,9-10,13,16,18H,3-6,11-12H2,1-2H3,(H,23,24,25)/t13-,18?/m1/s1. The highest BCUT2D eigenvalue weighted by Crippen LogP contribution is 2.34. The Morgan fingerprint density at radius 1 is 1.36 bits per heavy atom. The van der Waals surface area contributed by atoms with Gasteiger partial charge in [-0.25, -0.2) is 13.4 Å². The van der Waals surface area contributed by atoms with Gasteiger partial charge in [0.25, 0.3) is 5.88 Å². The van der Waals surface area contributed by atoms with Gasteiger partial charge < -0.3 is 19.4 Å². The average molecular weight is 472 g/mol. The topological polar surface area (TPSA) is 137 Å². The van der Waals surface area contributed by atoms with Gasteiger partial charge in [0.05, 0.1) is 12.8 Å². The van der Waals surface area contributed by atoms with Crippen molar-refractivity contribution in [2.45, 2.75) is 44.2 Å². The molecule has 4 heterocycles. The van der Waals surface area contributed by atoms with Gasteiger partial charge in [-0.15, -0.1) is 5.10 Å². The van der Waals surface area contributed by atoms with Gasteiger partial charge in [0.15, 0.2) is 9.84 Å². The van der Waals surface area contributed by atoms with E-state index in [0.717, 1.165) is 30.9 Å². The van der Waals surface area contributed by atoms with Crippen LogP contribution in [0.3, 0.4) is 0 Å². The van der Waals surface area contributed by atoms with Crippen LogP contribution >= 0.6 is 0 Å². The van der Waals surface area contributed by atoms with E-state index in [4.69, 9.17) is 14.5 Å². The first kappa shape index (κ1) is 21.7. The molecule has 5 rings (SSSR count). The van der Waals surface area contributed by atoms with E-state index in [1.807, 2.05) is 4.57 Å². The Bertz CT molecular complexity index is 1340. The molecule has 0 bridgehead atoms. The fraction of sp³-hybridized carbons (Fsp3) is 0.524. The first-order valence-electron chi connectivity index (χ1n) is 10.9. The minimum absolute atomic E-state index is 0.0842. The fourth-order valence-corrected chi connectivity index (χ4v) is 4.70. The number of nitrogens with zero attached hydrogens (tertiary/aromatic N) is 6. The van der Waals surface area contributed by atoms with Gasteiger partial charge in [-0.3, -0.25) is 4.68 Å². The summed E-state index contributed by atoms with van der Waals surface area (Å²) in [6.45, 7) is 3.37. The highest BCUT2D eigenvalue weighted by Gasteiger charge is 2.29.